The number of carbonyl (C=O) groups excluding carboxylic acids is 1. The topological polar surface area (TPSA) is 90.6 Å². The molecule has 1 aromatic heterocycles. The predicted molar refractivity (Wildman–Crippen MR) is 133 cm³/mol. The Morgan fingerprint density at radius 2 is 1.83 bits per heavy atom. The summed E-state index contributed by atoms with van der Waals surface area (Å²) in [7, 11) is 3.15. The first-order valence-corrected chi connectivity index (χ1v) is 11.5. The van der Waals surface area contributed by atoms with Crippen molar-refractivity contribution in [3.63, 3.8) is 0 Å². The van der Waals surface area contributed by atoms with Crippen molar-refractivity contribution in [2.45, 2.75) is 5.16 Å². The van der Waals surface area contributed by atoms with Crippen LogP contribution in [0, 0.1) is 5.82 Å². The number of rotatable bonds is 9. The molecular weight excluding hydrogens is 469 g/mol. The van der Waals surface area contributed by atoms with E-state index in [1.54, 1.807) is 32.4 Å². The van der Waals surface area contributed by atoms with Crippen molar-refractivity contribution >= 4 is 23.9 Å². The van der Waals surface area contributed by atoms with Crippen molar-refractivity contribution in [3.8, 4) is 28.6 Å². The molecule has 0 aliphatic carbocycles. The van der Waals surface area contributed by atoms with Crippen LogP contribution in [-0.4, -0.2) is 46.9 Å². The van der Waals surface area contributed by atoms with E-state index in [1.807, 2.05) is 47.0 Å². The predicted octanol–water partition coefficient (Wildman–Crippen LogP) is 4.33. The summed E-state index contributed by atoms with van der Waals surface area (Å²) in [6, 6.07) is 21.0. The first kappa shape index (κ1) is 24.0. The molecule has 178 valence electrons. The number of benzene rings is 3. The summed E-state index contributed by atoms with van der Waals surface area (Å²) in [6.45, 7) is 0. The number of thioether (sulfide) groups is 1. The highest BCUT2D eigenvalue weighted by atomic mass is 32.2. The molecule has 35 heavy (non-hydrogen) atoms. The van der Waals surface area contributed by atoms with E-state index >= 15 is 0 Å². The fourth-order valence-electron chi connectivity index (χ4n) is 3.26. The van der Waals surface area contributed by atoms with E-state index < -0.39 is 0 Å². The number of hydrazone groups is 1. The quantitative estimate of drug-likeness (QED) is 0.213. The lowest BCUT2D eigenvalue weighted by Crippen LogP contribution is -2.20. The molecule has 0 aliphatic heterocycles. The number of aromatic nitrogens is 3. The van der Waals surface area contributed by atoms with Crippen LogP contribution in [-0.2, 0) is 4.79 Å². The molecule has 1 amide bonds. The molecule has 0 spiro atoms. The first-order chi connectivity index (χ1) is 17.1. The van der Waals surface area contributed by atoms with Gasteiger partial charge in [0.05, 0.1) is 26.2 Å². The summed E-state index contributed by atoms with van der Waals surface area (Å²) in [6.07, 6.45) is 1.38. The number of methoxy groups -OCH3 is 2. The largest absolute Gasteiger partial charge is 0.493 e. The molecule has 4 rings (SSSR count). The van der Waals surface area contributed by atoms with Crippen LogP contribution in [0.3, 0.4) is 0 Å². The lowest BCUT2D eigenvalue weighted by molar-refractivity contribution is -0.118. The Balaban J connectivity index is 1.54. The van der Waals surface area contributed by atoms with Gasteiger partial charge in [-0.15, -0.1) is 10.2 Å². The molecule has 8 nitrogen and oxygen atoms in total. The van der Waals surface area contributed by atoms with Crippen molar-refractivity contribution in [2.75, 3.05) is 20.0 Å². The highest BCUT2D eigenvalue weighted by Gasteiger charge is 2.18. The van der Waals surface area contributed by atoms with Crippen molar-refractivity contribution in [3.05, 3.63) is 84.2 Å². The molecule has 1 N–H and O–H groups in total. The lowest BCUT2D eigenvalue weighted by atomic mass is 10.2. The molecule has 0 bridgehead atoms. The van der Waals surface area contributed by atoms with E-state index in [-0.39, 0.29) is 17.5 Å². The van der Waals surface area contributed by atoms with Crippen LogP contribution in [0.25, 0.3) is 17.1 Å². The minimum absolute atomic E-state index is 0.0530. The van der Waals surface area contributed by atoms with Gasteiger partial charge in [0.1, 0.15) is 5.82 Å². The Morgan fingerprint density at radius 1 is 1.03 bits per heavy atom. The molecule has 0 saturated carbocycles. The third-order valence-electron chi connectivity index (χ3n) is 4.87. The lowest BCUT2D eigenvalue weighted by Gasteiger charge is -2.12. The molecule has 10 heteroatoms. The SMILES string of the molecule is COc1ccc(-c2nnc(SCC(=O)NN=Cc3cccc(F)c3)n2-c2ccccc2)cc1OC. The average molecular weight is 492 g/mol. The van der Waals surface area contributed by atoms with Gasteiger partial charge in [-0.2, -0.15) is 5.10 Å². The van der Waals surface area contributed by atoms with Crippen LogP contribution < -0.4 is 14.9 Å². The molecule has 0 aliphatic rings. The third-order valence-corrected chi connectivity index (χ3v) is 5.80. The fourth-order valence-corrected chi connectivity index (χ4v) is 4.01. The molecule has 0 unspecified atom stereocenters. The number of ether oxygens (including phenoxy) is 2. The number of amides is 1. The maximum atomic E-state index is 13.3. The first-order valence-electron chi connectivity index (χ1n) is 10.5. The smallest absolute Gasteiger partial charge is 0.250 e. The third kappa shape index (κ3) is 5.85. The van der Waals surface area contributed by atoms with E-state index in [4.69, 9.17) is 9.47 Å². The van der Waals surface area contributed by atoms with Crippen molar-refractivity contribution in [2.24, 2.45) is 5.10 Å². The van der Waals surface area contributed by atoms with E-state index in [9.17, 15) is 9.18 Å². The van der Waals surface area contributed by atoms with Crippen LogP contribution in [0.5, 0.6) is 11.5 Å². The van der Waals surface area contributed by atoms with E-state index in [0.29, 0.717) is 28.0 Å². The second-order valence-electron chi connectivity index (χ2n) is 7.18. The Hall–Kier alpha value is -4.18. The number of para-hydroxylation sites is 1. The van der Waals surface area contributed by atoms with Crippen LogP contribution >= 0.6 is 11.8 Å². The van der Waals surface area contributed by atoms with Gasteiger partial charge in [0, 0.05) is 11.3 Å². The standard InChI is InChI=1S/C25H22FN5O3S/c1-33-21-12-11-18(14-22(21)34-2)24-29-30-25(31(24)20-9-4-3-5-10-20)35-16-23(32)28-27-15-17-7-6-8-19(26)13-17/h3-15H,16H2,1-2H3,(H,28,32). The van der Waals surface area contributed by atoms with Crippen molar-refractivity contribution < 1.29 is 18.7 Å². The second kappa shape index (κ2) is 11.3. The fraction of sp³-hybridized carbons (Fsp3) is 0.120. The number of hydrogen-bond donors (Lipinski definition) is 1. The number of nitrogens with zero attached hydrogens (tertiary/aromatic N) is 4. The van der Waals surface area contributed by atoms with Gasteiger partial charge in [-0.05, 0) is 48.0 Å². The summed E-state index contributed by atoms with van der Waals surface area (Å²) in [5, 5.41) is 13.1. The summed E-state index contributed by atoms with van der Waals surface area (Å²) in [4.78, 5) is 12.3. The molecule has 4 aromatic rings. The van der Waals surface area contributed by atoms with Crippen LogP contribution in [0.15, 0.2) is 83.1 Å². The minimum atomic E-state index is -0.374. The monoisotopic (exact) mass is 491 g/mol. The van der Waals surface area contributed by atoms with E-state index in [1.165, 1.54) is 30.1 Å². The Labute approximate surface area is 205 Å². The summed E-state index contributed by atoms with van der Waals surface area (Å²) in [5.41, 5.74) is 4.60. The Morgan fingerprint density at radius 3 is 2.57 bits per heavy atom. The summed E-state index contributed by atoms with van der Waals surface area (Å²) < 4.78 is 25.9. The zero-order valence-electron chi connectivity index (χ0n) is 19.0. The highest BCUT2D eigenvalue weighted by molar-refractivity contribution is 7.99. The van der Waals surface area contributed by atoms with Crippen LogP contribution in [0.2, 0.25) is 0 Å². The highest BCUT2D eigenvalue weighted by Crippen LogP contribution is 2.34. The zero-order chi connectivity index (χ0) is 24.6. The van der Waals surface area contributed by atoms with Gasteiger partial charge in [0.15, 0.2) is 22.5 Å². The molecule has 3 aromatic carbocycles. The van der Waals surface area contributed by atoms with Gasteiger partial charge in [-0.1, -0.05) is 42.1 Å². The normalized spacial score (nSPS) is 10.9. The number of hydrogen-bond acceptors (Lipinski definition) is 7. The van der Waals surface area contributed by atoms with E-state index in [2.05, 4.69) is 20.7 Å². The van der Waals surface area contributed by atoms with Gasteiger partial charge >= 0.3 is 0 Å². The van der Waals surface area contributed by atoms with Gasteiger partial charge < -0.3 is 9.47 Å². The van der Waals surface area contributed by atoms with Crippen LogP contribution in [0.4, 0.5) is 4.39 Å². The maximum Gasteiger partial charge on any atom is 0.250 e. The minimum Gasteiger partial charge on any atom is -0.493 e. The average Bonchev–Trinajstić information content (AvgIpc) is 3.31. The van der Waals surface area contributed by atoms with Gasteiger partial charge in [0.25, 0.3) is 5.91 Å². The molecular formula is C25H22FN5O3S. The Kier molecular flexibility index (Phi) is 7.74. The molecule has 0 saturated heterocycles. The summed E-state index contributed by atoms with van der Waals surface area (Å²) >= 11 is 1.22. The summed E-state index contributed by atoms with van der Waals surface area (Å²) in [5.74, 6) is 1.10. The zero-order valence-corrected chi connectivity index (χ0v) is 19.8. The van der Waals surface area contributed by atoms with Gasteiger partial charge in [-0.25, -0.2) is 9.82 Å². The van der Waals surface area contributed by atoms with Gasteiger partial charge in [0.2, 0.25) is 0 Å². The van der Waals surface area contributed by atoms with Crippen molar-refractivity contribution in [1.29, 1.82) is 0 Å². The Bertz CT molecular complexity index is 1340. The van der Waals surface area contributed by atoms with E-state index in [0.717, 1.165) is 11.3 Å². The van der Waals surface area contributed by atoms with Crippen molar-refractivity contribution in [1.82, 2.24) is 20.2 Å². The van der Waals surface area contributed by atoms with Crippen LogP contribution in [0.1, 0.15) is 5.56 Å². The number of nitrogens with one attached hydrogen (secondary N) is 1. The molecule has 0 atom stereocenters. The molecule has 0 radical (unpaired) electrons. The second-order valence-corrected chi connectivity index (χ2v) is 8.13. The maximum absolute atomic E-state index is 13.3. The van der Waals surface area contributed by atoms with Gasteiger partial charge in [-0.3, -0.25) is 9.36 Å². The number of carbonyl (C=O) groups is 1. The molecule has 0 fully saturated rings. The molecule has 1 heterocycles. The number of halogens is 1.